The molecule has 0 fully saturated rings. The summed E-state index contributed by atoms with van der Waals surface area (Å²) in [5.41, 5.74) is 1.34. The molecule has 0 heterocycles. The Kier molecular flexibility index (Phi) is 4.10. The first-order chi connectivity index (χ1) is 8.83. The number of rotatable bonds is 4. The first kappa shape index (κ1) is 12.3. The Hall–Kier alpha value is -2.13. The van der Waals surface area contributed by atoms with Crippen LogP contribution in [0.25, 0.3) is 0 Å². The molecule has 0 bridgehead atoms. The van der Waals surface area contributed by atoms with Gasteiger partial charge in [0.15, 0.2) is 0 Å². The van der Waals surface area contributed by atoms with Gasteiger partial charge in [-0.05, 0) is 24.3 Å². The van der Waals surface area contributed by atoms with Crippen molar-refractivity contribution in [3.8, 4) is 0 Å². The molecular formula is C15H14NO2. The molecule has 18 heavy (non-hydrogen) atoms. The van der Waals surface area contributed by atoms with Gasteiger partial charge in [-0.1, -0.05) is 36.4 Å². The van der Waals surface area contributed by atoms with Gasteiger partial charge in [0.2, 0.25) is 0 Å². The van der Waals surface area contributed by atoms with Gasteiger partial charge in [-0.3, -0.25) is 4.79 Å². The molecule has 0 aromatic heterocycles. The van der Waals surface area contributed by atoms with Crippen molar-refractivity contribution in [1.82, 2.24) is 0 Å². The molecule has 0 spiro atoms. The highest BCUT2D eigenvalue weighted by molar-refractivity contribution is 6.06. The predicted molar refractivity (Wildman–Crippen MR) is 70.1 cm³/mol. The zero-order valence-electron chi connectivity index (χ0n) is 9.95. The molecule has 1 amide bonds. The number of amides is 1. The van der Waals surface area contributed by atoms with Crippen LogP contribution in [0.2, 0.25) is 0 Å². The third kappa shape index (κ3) is 2.76. The molecule has 0 atom stereocenters. The van der Waals surface area contributed by atoms with E-state index in [1.54, 1.807) is 12.1 Å². The number of hydrogen-bond acceptors (Lipinski definition) is 1. The van der Waals surface area contributed by atoms with E-state index in [0.29, 0.717) is 5.56 Å². The summed E-state index contributed by atoms with van der Waals surface area (Å²) in [6.07, 6.45) is 0. The van der Waals surface area contributed by atoms with Crippen LogP contribution in [0.1, 0.15) is 10.4 Å². The molecule has 91 valence electrons. The minimum absolute atomic E-state index is 0.141. The van der Waals surface area contributed by atoms with Crippen LogP contribution in [0.4, 0.5) is 5.69 Å². The standard InChI is InChI=1S/C15H14NO2/c17-12-11-16(14-9-5-2-6-10-14)15(18)13-7-3-1-4-8-13/h1-10H,11-12H2. The molecule has 0 aliphatic rings. The molecule has 3 heteroatoms. The van der Waals surface area contributed by atoms with Gasteiger partial charge in [0.1, 0.15) is 6.61 Å². The minimum Gasteiger partial charge on any atom is -0.306 e. The van der Waals surface area contributed by atoms with E-state index in [4.69, 9.17) is 0 Å². The lowest BCUT2D eigenvalue weighted by Gasteiger charge is -2.21. The van der Waals surface area contributed by atoms with Crippen molar-refractivity contribution in [2.24, 2.45) is 0 Å². The second-order valence-corrected chi connectivity index (χ2v) is 3.86. The van der Waals surface area contributed by atoms with Crippen LogP contribution in [-0.2, 0) is 5.11 Å². The lowest BCUT2D eigenvalue weighted by Crippen LogP contribution is -2.33. The highest BCUT2D eigenvalue weighted by Gasteiger charge is 2.16. The van der Waals surface area contributed by atoms with Gasteiger partial charge in [-0.25, -0.2) is 5.11 Å². The molecule has 2 rings (SSSR count). The number of benzene rings is 2. The number of carbonyl (C=O) groups excluding carboxylic acids is 1. The van der Waals surface area contributed by atoms with Crippen LogP contribution in [-0.4, -0.2) is 19.1 Å². The molecule has 0 aliphatic heterocycles. The molecule has 2 aromatic carbocycles. The lowest BCUT2D eigenvalue weighted by molar-refractivity contribution is 0.0973. The van der Waals surface area contributed by atoms with Crippen LogP contribution >= 0.6 is 0 Å². The van der Waals surface area contributed by atoms with E-state index in [0.717, 1.165) is 5.69 Å². The zero-order chi connectivity index (χ0) is 12.8. The molecule has 3 nitrogen and oxygen atoms in total. The molecular weight excluding hydrogens is 226 g/mol. The van der Waals surface area contributed by atoms with Crippen molar-refractivity contribution < 1.29 is 9.90 Å². The van der Waals surface area contributed by atoms with Gasteiger partial charge in [-0.2, -0.15) is 0 Å². The molecule has 0 N–H and O–H groups in total. The summed E-state index contributed by atoms with van der Waals surface area (Å²) in [5, 5.41) is 10.9. The van der Waals surface area contributed by atoms with Crippen molar-refractivity contribution >= 4 is 11.6 Å². The number of hydrogen-bond donors (Lipinski definition) is 0. The Labute approximate surface area is 106 Å². The van der Waals surface area contributed by atoms with Crippen molar-refractivity contribution in [3.63, 3.8) is 0 Å². The smallest absolute Gasteiger partial charge is 0.258 e. The predicted octanol–water partition coefficient (Wildman–Crippen LogP) is 2.76. The monoisotopic (exact) mass is 240 g/mol. The Morgan fingerprint density at radius 3 is 2.00 bits per heavy atom. The Bertz CT molecular complexity index is 496. The second-order valence-electron chi connectivity index (χ2n) is 3.86. The molecule has 0 saturated carbocycles. The maximum atomic E-state index is 12.3. The van der Waals surface area contributed by atoms with E-state index in [1.165, 1.54) is 4.90 Å². The van der Waals surface area contributed by atoms with Gasteiger partial charge in [0, 0.05) is 11.3 Å². The molecule has 0 aliphatic carbocycles. The highest BCUT2D eigenvalue weighted by atomic mass is 16.3. The fraction of sp³-hybridized carbons (Fsp3) is 0.133. The van der Waals surface area contributed by atoms with Gasteiger partial charge in [-0.15, -0.1) is 0 Å². The van der Waals surface area contributed by atoms with E-state index in [-0.39, 0.29) is 19.1 Å². The minimum atomic E-state index is -0.312. The SMILES string of the molecule is [O]CCN(C(=O)c1ccccc1)c1ccccc1. The molecule has 1 radical (unpaired) electrons. The van der Waals surface area contributed by atoms with Crippen LogP contribution in [0.3, 0.4) is 0 Å². The van der Waals surface area contributed by atoms with Crippen molar-refractivity contribution in [1.29, 1.82) is 0 Å². The topological polar surface area (TPSA) is 40.2 Å². The molecule has 0 saturated heterocycles. The highest BCUT2D eigenvalue weighted by Crippen LogP contribution is 2.16. The summed E-state index contributed by atoms with van der Waals surface area (Å²) in [6.45, 7) is -0.134. The fourth-order valence-electron chi connectivity index (χ4n) is 1.78. The molecule has 0 unspecified atom stereocenters. The van der Waals surface area contributed by atoms with Gasteiger partial charge >= 0.3 is 0 Å². The summed E-state index contributed by atoms with van der Waals surface area (Å²) >= 11 is 0. The largest absolute Gasteiger partial charge is 0.306 e. The van der Waals surface area contributed by atoms with Crippen molar-refractivity contribution in [2.45, 2.75) is 0 Å². The third-order valence-electron chi connectivity index (χ3n) is 2.65. The quantitative estimate of drug-likeness (QED) is 0.810. The van der Waals surface area contributed by atoms with E-state index in [1.807, 2.05) is 48.5 Å². The summed E-state index contributed by atoms with van der Waals surface area (Å²) in [5.74, 6) is -0.141. The van der Waals surface area contributed by atoms with E-state index < -0.39 is 0 Å². The number of para-hydroxylation sites is 1. The summed E-state index contributed by atoms with van der Waals surface area (Å²) < 4.78 is 0. The van der Waals surface area contributed by atoms with Crippen LogP contribution in [0, 0.1) is 0 Å². The van der Waals surface area contributed by atoms with Crippen LogP contribution < -0.4 is 4.90 Å². The second kappa shape index (κ2) is 5.98. The van der Waals surface area contributed by atoms with Crippen molar-refractivity contribution in [3.05, 3.63) is 66.2 Å². The van der Waals surface area contributed by atoms with Crippen molar-refractivity contribution in [2.75, 3.05) is 18.1 Å². The number of nitrogens with zero attached hydrogens (tertiary/aromatic N) is 1. The van der Waals surface area contributed by atoms with E-state index in [9.17, 15) is 9.90 Å². The molecule has 2 aromatic rings. The van der Waals surface area contributed by atoms with Gasteiger partial charge in [0.05, 0.1) is 6.54 Å². The Morgan fingerprint density at radius 1 is 0.889 bits per heavy atom. The van der Waals surface area contributed by atoms with Gasteiger partial charge in [0.25, 0.3) is 5.91 Å². The Balaban J connectivity index is 2.29. The normalized spacial score (nSPS) is 10.1. The lowest BCUT2D eigenvalue weighted by atomic mass is 10.2. The fourth-order valence-corrected chi connectivity index (χ4v) is 1.78. The zero-order valence-corrected chi connectivity index (χ0v) is 9.95. The number of carbonyl (C=O) groups is 1. The van der Waals surface area contributed by atoms with Gasteiger partial charge < -0.3 is 4.90 Å². The summed E-state index contributed by atoms with van der Waals surface area (Å²) in [4.78, 5) is 13.8. The van der Waals surface area contributed by atoms with E-state index >= 15 is 0 Å². The maximum absolute atomic E-state index is 12.3. The average molecular weight is 240 g/mol. The summed E-state index contributed by atoms with van der Waals surface area (Å²) in [6, 6.07) is 18.2. The Morgan fingerprint density at radius 2 is 1.44 bits per heavy atom. The first-order valence-corrected chi connectivity index (χ1v) is 5.83. The first-order valence-electron chi connectivity index (χ1n) is 5.83. The van der Waals surface area contributed by atoms with E-state index in [2.05, 4.69) is 0 Å². The van der Waals surface area contributed by atoms with Crippen LogP contribution in [0.15, 0.2) is 60.7 Å². The number of anilines is 1. The average Bonchev–Trinajstić information content (AvgIpc) is 2.46. The third-order valence-corrected chi connectivity index (χ3v) is 2.65. The maximum Gasteiger partial charge on any atom is 0.258 e. The van der Waals surface area contributed by atoms with Crippen LogP contribution in [0.5, 0.6) is 0 Å². The summed E-state index contributed by atoms with van der Waals surface area (Å²) in [7, 11) is 0.